The Morgan fingerprint density at radius 3 is 2.80 bits per heavy atom. The highest BCUT2D eigenvalue weighted by Crippen LogP contribution is 2.22. The first-order valence-corrected chi connectivity index (χ1v) is 7.84. The molecule has 3 nitrogen and oxygen atoms in total. The summed E-state index contributed by atoms with van der Waals surface area (Å²) in [6, 6.07) is 14.0. The van der Waals surface area contributed by atoms with Gasteiger partial charge in [-0.25, -0.2) is 0 Å². The van der Waals surface area contributed by atoms with Crippen LogP contribution >= 0.6 is 11.8 Å². The Bertz CT molecular complexity index is 580. The molecule has 0 radical (unpaired) electrons. The molecule has 106 valence electrons. The number of thioether (sulfide) groups is 1. The highest BCUT2D eigenvalue weighted by atomic mass is 32.2. The summed E-state index contributed by atoms with van der Waals surface area (Å²) in [5, 5.41) is 2.49. The molecule has 0 aliphatic heterocycles. The molecule has 2 aromatic rings. The normalized spacial score (nSPS) is 12.3. The van der Waals surface area contributed by atoms with E-state index in [1.54, 1.807) is 18.7 Å². The van der Waals surface area contributed by atoms with Crippen molar-refractivity contribution in [2.75, 3.05) is 12.4 Å². The molecule has 0 aliphatic rings. The molecule has 0 heterocycles. The summed E-state index contributed by atoms with van der Waals surface area (Å²) in [6.45, 7) is 2.16. The molecular formula is C16H19NO2S. The van der Waals surface area contributed by atoms with Crippen LogP contribution in [0, 0.1) is 0 Å². The predicted molar refractivity (Wildman–Crippen MR) is 84.7 cm³/mol. The molecule has 0 aromatic heterocycles. The van der Waals surface area contributed by atoms with Gasteiger partial charge in [0, 0.05) is 11.5 Å². The molecule has 0 bridgehead atoms. The summed E-state index contributed by atoms with van der Waals surface area (Å²) in [7, 11) is 0. The highest BCUT2D eigenvalue weighted by Gasteiger charge is 2.14. The lowest BCUT2D eigenvalue weighted by atomic mass is 10.1. The standard InChI is InChI=1S/C16H19NO2S/c1-2-19-16(18)15(17)11-20-10-13-8-5-7-12-6-3-4-9-14(12)13/h3-9,15H,2,10-11,17H2,1H3. The summed E-state index contributed by atoms with van der Waals surface area (Å²) >= 11 is 1.66. The third-order valence-corrected chi connectivity index (χ3v) is 4.13. The largest absolute Gasteiger partial charge is 0.465 e. The van der Waals surface area contributed by atoms with Gasteiger partial charge in [0.25, 0.3) is 0 Å². The van der Waals surface area contributed by atoms with Crippen LogP contribution in [-0.2, 0) is 15.3 Å². The third-order valence-electron chi connectivity index (χ3n) is 3.02. The van der Waals surface area contributed by atoms with Crippen LogP contribution in [-0.4, -0.2) is 24.4 Å². The number of benzene rings is 2. The molecule has 20 heavy (non-hydrogen) atoms. The molecule has 2 N–H and O–H groups in total. The molecular weight excluding hydrogens is 270 g/mol. The van der Waals surface area contributed by atoms with E-state index in [0.717, 1.165) is 5.75 Å². The van der Waals surface area contributed by atoms with Crippen molar-refractivity contribution < 1.29 is 9.53 Å². The number of hydrogen-bond acceptors (Lipinski definition) is 4. The summed E-state index contributed by atoms with van der Waals surface area (Å²) in [5.74, 6) is 1.09. The molecule has 0 saturated carbocycles. The zero-order valence-corrected chi connectivity index (χ0v) is 12.4. The van der Waals surface area contributed by atoms with Gasteiger partial charge in [-0.15, -0.1) is 0 Å². The Balaban J connectivity index is 1.95. The van der Waals surface area contributed by atoms with Crippen LogP contribution in [0.3, 0.4) is 0 Å². The zero-order valence-electron chi connectivity index (χ0n) is 11.5. The molecule has 1 unspecified atom stereocenters. The maximum atomic E-state index is 11.4. The second kappa shape index (κ2) is 7.31. The molecule has 1 atom stereocenters. The monoisotopic (exact) mass is 289 g/mol. The summed E-state index contributed by atoms with van der Waals surface area (Å²) < 4.78 is 4.90. The van der Waals surface area contributed by atoms with E-state index in [4.69, 9.17) is 10.5 Å². The predicted octanol–water partition coefficient (Wildman–Crippen LogP) is 2.96. The van der Waals surface area contributed by atoms with Crippen molar-refractivity contribution in [3.05, 3.63) is 48.0 Å². The Kier molecular flexibility index (Phi) is 5.44. The van der Waals surface area contributed by atoms with E-state index in [-0.39, 0.29) is 5.97 Å². The summed E-state index contributed by atoms with van der Waals surface area (Å²) in [5.41, 5.74) is 7.05. The highest BCUT2D eigenvalue weighted by molar-refractivity contribution is 7.98. The summed E-state index contributed by atoms with van der Waals surface area (Å²) in [4.78, 5) is 11.4. The van der Waals surface area contributed by atoms with Crippen molar-refractivity contribution in [3.63, 3.8) is 0 Å². The van der Waals surface area contributed by atoms with Gasteiger partial charge in [0.1, 0.15) is 6.04 Å². The smallest absolute Gasteiger partial charge is 0.323 e. The number of ether oxygens (including phenoxy) is 1. The van der Waals surface area contributed by atoms with Gasteiger partial charge in [-0.1, -0.05) is 42.5 Å². The van der Waals surface area contributed by atoms with Crippen molar-refractivity contribution in [3.8, 4) is 0 Å². The molecule has 0 saturated heterocycles. The minimum absolute atomic E-state index is 0.321. The van der Waals surface area contributed by atoms with E-state index in [0.29, 0.717) is 12.4 Å². The molecule has 0 aliphatic carbocycles. The number of fused-ring (bicyclic) bond motifs is 1. The van der Waals surface area contributed by atoms with Crippen molar-refractivity contribution in [2.24, 2.45) is 5.73 Å². The number of rotatable bonds is 6. The SMILES string of the molecule is CCOC(=O)C(N)CSCc1cccc2ccccc12. The maximum Gasteiger partial charge on any atom is 0.323 e. The Morgan fingerprint density at radius 1 is 1.25 bits per heavy atom. The molecule has 2 rings (SSSR count). The first-order chi connectivity index (χ1) is 9.72. The van der Waals surface area contributed by atoms with E-state index in [1.165, 1.54) is 16.3 Å². The fraction of sp³-hybridized carbons (Fsp3) is 0.312. The van der Waals surface area contributed by atoms with Gasteiger partial charge in [0.2, 0.25) is 0 Å². The zero-order chi connectivity index (χ0) is 14.4. The first-order valence-electron chi connectivity index (χ1n) is 6.69. The third kappa shape index (κ3) is 3.74. The lowest BCUT2D eigenvalue weighted by Crippen LogP contribution is -2.34. The minimum Gasteiger partial charge on any atom is -0.465 e. The Labute approximate surface area is 123 Å². The van der Waals surface area contributed by atoms with Crippen LogP contribution in [0.2, 0.25) is 0 Å². The molecule has 2 aromatic carbocycles. The number of nitrogens with two attached hydrogens (primary N) is 1. The van der Waals surface area contributed by atoms with E-state index >= 15 is 0 Å². The summed E-state index contributed by atoms with van der Waals surface area (Å²) in [6.07, 6.45) is 0. The van der Waals surface area contributed by atoms with E-state index in [1.807, 2.05) is 12.1 Å². The molecule has 0 spiro atoms. The first kappa shape index (κ1) is 14.9. The topological polar surface area (TPSA) is 52.3 Å². The fourth-order valence-corrected chi connectivity index (χ4v) is 3.01. The number of carbonyl (C=O) groups is 1. The lowest BCUT2D eigenvalue weighted by Gasteiger charge is -2.11. The van der Waals surface area contributed by atoms with Gasteiger partial charge < -0.3 is 10.5 Å². The molecule has 0 amide bonds. The van der Waals surface area contributed by atoms with Crippen LogP contribution in [0.15, 0.2) is 42.5 Å². The number of carbonyl (C=O) groups excluding carboxylic acids is 1. The van der Waals surface area contributed by atoms with Crippen LogP contribution in [0.25, 0.3) is 10.8 Å². The van der Waals surface area contributed by atoms with Gasteiger partial charge in [0.15, 0.2) is 0 Å². The average Bonchev–Trinajstić information content (AvgIpc) is 2.47. The van der Waals surface area contributed by atoms with Crippen LogP contribution in [0.4, 0.5) is 0 Å². The van der Waals surface area contributed by atoms with E-state index in [9.17, 15) is 4.79 Å². The lowest BCUT2D eigenvalue weighted by molar-refractivity contribution is -0.144. The second-order valence-corrected chi connectivity index (χ2v) is 5.54. The average molecular weight is 289 g/mol. The number of esters is 1. The van der Waals surface area contributed by atoms with Gasteiger partial charge in [0.05, 0.1) is 6.61 Å². The second-order valence-electron chi connectivity index (χ2n) is 4.51. The Morgan fingerprint density at radius 2 is 2.00 bits per heavy atom. The van der Waals surface area contributed by atoms with Gasteiger partial charge in [-0.2, -0.15) is 11.8 Å². The molecule has 4 heteroatoms. The van der Waals surface area contributed by atoms with Crippen LogP contribution in [0.1, 0.15) is 12.5 Å². The Hall–Kier alpha value is -1.52. The van der Waals surface area contributed by atoms with Crippen LogP contribution in [0.5, 0.6) is 0 Å². The number of hydrogen-bond donors (Lipinski definition) is 1. The van der Waals surface area contributed by atoms with Crippen molar-refractivity contribution in [2.45, 2.75) is 18.7 Å². The quantitative estimate of drug-likeness (QED) is 0.831. The van der Waals surface area contributed by atoms with Crippen molar-refractivity contribution in [1.82, 2.24) is 0 Å². The minimum atomic E-state index is -0.546. The van der Waals surface area contributed by atoms with Gasteiger partial charge in [-0.3, -0.25) is 4.79 Å². The van der Waals surface area contributed by atoms with Crippen molar-refractivity contribution in [1.29, 1.82) is 0 Å². The van der Waals surface area contributed by atoms with E-state index in [2.05, 4.69) is 30.3 Å². The van der Waals surface area contributed by atoms with Crippen LogP contribution < -0.4 is 5.73 Å². The van der Waals surface area contributed by atoms with Gasteiger partial charge in [-0.05, 0) is 23.3 Å². The molecule has 0 fully saturated rings. The maximum absolute atomic E-state index is 11.4. The van der Waals surface area contributed by atoms with Crippen molar-refractivity contribution >= 4 is 28.5 Å². The fourth-order valence-electron chi connectivity index (χ4n) is 2.03. The van der Waals surface area contributed by atoms with Gasteiger partial charge >= 0.3 is 5.97 Å². The van der Waals surface area contributed by atoms with E-state index < -0.39 is 6.04 Å².